The second-order valence-corrected chi connectivity index (χ2v) is 3.38. The average Bonchev–Trinajstić information content (AvgIpc) is 2.77. The number of esters is 1. The highest BCUT2D eigenvalue weighted by Crippen LogP contribution is 2.05. The number of nitrogens with zero attached hydrogens (tertiary/aromatic N) is 4. The molecule has 1 heterocycles. The summed E-state index contributed by atoms with van der Waals surface area (Å²) in [4.78, 5) is 11.5. The van der Waals surface area contributed by atoms with Crippen molar-refractivity contribution in [1.29, 1.82) is 5.26 Å². The molecule has 90 valence electrons. The molecule has 1 aromatic heterocycles. The zero-order valence-electron chi connectivity index (χ0n) is 9.72. The van der Waals surface area contributed by atoms with Crippen LogP contribution in [0.3, 0.4) is 0 Å². The van der Waals surface area contributed by atoms with Crippen LogP contribution in [0.2, 0.25) is 0 Å². The van der Waals surface area contributed by atoms with Crippen LogP contribution in [0.25, 0.3) is 0 Å². The smallest absolute Gasteiger partial charge is 0.358 e. The summed E-state index contributed by atoms with van der Waals surface area (Å²) in [6, 6.07) is 1.97. The Kier molecular flexibility index (Phi) is 4.88. The van der Waals surface area contributed by atoms with Crippen molar-refractivity contribution in [2.75, 3.05) is 6.61 Å². The van der Waals surface area contributed by atoms with E-state index >= 15 is 0 Å². The van der Waals surface area contributed by atoms with Crippen LogP contribution in [-0.4, -0.2) is 27.6 Å². The highest BCUT2D eigenvalue weighted by atomic mass is 16.5. The SMILES string of the molecule is C=C(C#N)CCCn1nncc1C(=O)OCC. The van der Waals surface area contributed by atoms with E-state index in [-0.39, 0.29) is 0 Å². The van der Waals surface area contributed by atoms with Gasteiger partial charge in [-0.1, -0.05) is 11.8 Å². The van der Waals surface area contributed by atoms with Gasteiger partial charge in [0.05, 0.1) is 18.9 Å². The summed E-state index contributed by atoms with van der Waals surface area (Å²) in [5.41, 5.74) is 0.845. The Bertz CT molecular complexity index is 445. The van der Waals surface area contributed by atoms with Gasteiger partial charge in [-0.25, -0.2) is 9.48 Å². The fourth-order valence-electron chi connectivity index (χ4n) is 1.28. The molecule has 1 rings (SSSR count). The maximum atomic E-state index is 11.5. The molecule has 1 aromatic rings. The van der Waals surface area contributed by atoms with E-state index in [0.29, 0.717) is 37.3 Å². The molecule has 0 fully saturated rings. The lowest BCUT2D eigenvalue weighted by Crippen LogP contribution is -2.13. The molecule has 0 N–H and O–H groups in total. The minimum atomic E-state index is -0.434. The van der Waals surface area contributed by atoms with E-state index in [0.717, 1.165) is 0 Å². The molecule has 6 heteroatoms. The molecule has 0 amide bonds. The summed E-state index contributed by atoms with van der Waals surface area (Å²) < 4.78 is 6.34. The molecule has 0 saturated carbocycles. The van der Waals surface area contributed by atoms with E-state index in [1.165, 1.54) is 10.9 Å². The van der Waals surface area contributed by atoms with Crippen molar-refractivity contribution in [1.82, 2.24) is 15.0 Å². The average molecular weight is 234 g/mol. The molecule has 0 spiro atoms. The van der Waals surface area contributed by atoms with Crippen LogP contribution in [0, 0.1) is 11.3 Å². The predicted molar refractivity (Wildman–Crippen MR) is 60.0 cm³/mol. The van der Waals surface area contributed by atoms with Gasteiger partial charge in [0.25, 0.3) is 0 Å². The third-order valence-electron chi connectivity index (χ3n) is 2.11. The van der Waals surface area contributed by atoms with Crippen molar-refractivity contribution in [2.45, 2.75) is 26.3 Å². The lowest BCUT2D eigenvalue weighted by molar-refractivity contribution is 0.0511. The molecule has 0 aromatic carbocycles. The predicted octanol–water partition coefficient (Wildman–Crippen LogP) is 1.31. The second-order valence-electron chi connectivity index (χ2n) is 3.38. The van der Waals surface area contributed by atoms with Crippen LogP contribution >= 0.6 is 0 Å². The Morgan fingerprint density at radius 1 is 1.71 bits per heavy atom. The van der Waals surface area contributed by atoms with Gasteiger partial charge < -0.3 is 4.74 Å². The molecule has 0 saturated heterocycles. The van der Waals surface area contributed by atoms with E-state index in [9.17, 15) is 4.79 Å². The van der Waals surface area contributed by atoms with Gasteiger partial charge in [-0.15, -0.1) is 5.10 Å². The maximum absolute atomic E-state index is 11.5. The molecule has 0 atom stereocenters. The van der Waals surface area contributed by atoms with Gasteiger partial charge >= 0.3 is 5.97 Å². The monoisotopic (exact) mass is 234 g/mol. The highest BCUT2D eigenvalue weighted by Gasteiger charge is 2.13. The number of allylic oxidation sites excluding steroid dienone is 1. The zero-order valence-corrected chi connectivity index (χ0v) is 9.72. The van der Waals surface area contributed by atoms with E-state index in [2.05, 4.69) is 16.9 Å². The van der Waals surface area contributed by atoms with Gasteiger partial charge in [0, 0.05) is 12.1 Å². The topological polar surface area (TPSA) is 80.8 Å². The van der Waals surface area contributed by atoms with E-state index in [1.54, 1.807) is 6.92 Å². The Morgan fingerprint density at radius 2 is 2.47 bits per heavy atom. The third kappa shape index (κ3) is 3.72. The number of aromatic nitrogens is 3. The fourth-order valence-corrected chi connectivity index (χ4v) is 1.28. The quantitative estimate of drug-likeness (QED) is 0.547. The van der Waals surface area contributed by atoms with Crippen molar-refractivity contribution >= 4 is 5.97 Å². The Balaban J connectivity index is 2.55. The van der Waals surface area contributed by atoms with Crippen LogP contribution < -0.4 is 0 Å². The largest absolute Gasteiger partial charge is 0.461 e. The third-order valence-corrected chi connectivity index (χ3v) is 2.11. The van der Waals surface area contributed by atoms with Crippen LogP contribution in [0.5, 0.6) is 0 Å². The Morgan fingerprint density at radius 3 is 3.12 bits per heavy atom. The number of hydrogen-bond donors (Lipinski definition) is 0. The van der Waals surface area contributed by atoms with E-state index in [1.807, 2.05) is 6.07 Å². The fraction of sp³-hybridized carbons (Fsp3) is 0.455. The van der Waals surface area contributed by atoms with Gasteiger partial charge in [-0.2, -0.15) is 5.26 Å². The molecule has 0 aliphatic carbocycles. The summed E-state index contributed by atoms with van der Waals surface area (Å²) in [5.74, 6) is -0.434. The molecule has 6 nitrogen and oxygen atoms in total. The second kappa shape index (κ2) is 6.43. The molecule has 0 unspecified atom stereocenters. The number of hydrogen-bond acceptors (Lipinski definition) is 5. The van der Waals surface area contributed by atoms with Crippen molar-refractivity contribution < 1.29 is 9.53 Å². The number of carbonyl (C=O) groups is 1. The van der Waals surface area contributed by atoms with Crippen LogP contribution in [0.1, 0.15) is 30.3 Å². The van der Waals surface area contributed by atoms with Gasteiger partial charge in [0.1, 0.15) is 0 Å². The Hall–Kier alpha value is -2.16. The van der Waals surface area contributed by atoms with Crippen LogP contribution in [0.15, 0.2) is 18.3 Å². The van der Waals surface area contributed by atoms with Gasteiger partial charge in [-0.05, 0) is 19.8 Å². The number of carbonyl (C=O) groups excluding carboxylic acids is 1. The summed E-state index contributed by atoms with van der Waals surface area (Å²) >= 11 is 0. The first-order chi connectivity index (χ1) is 8.19. The first-order valence-electron chi connectivity index (χ1n) is 5.32. The maximum Gasteiger partial charge on any atom is 0.358 e. The van der Waals surface area contributed by atoms with Crippen molar-refractivity contribution in [3.8, 4) is 6.07 Å². The van der Waals surface area contributed by atoms with Crippen LogP contribution in [0.4, 0.5) is 0 Å². The van der Waals surface area contributed by atoms with Crippen molar-refractivity contribution in [3.63, 3.8) is 0 Å². The van der Waals surface area contributed by atoms with E-state index in [4.69, 9.17) is 10.00 Å². The van der Waals surface area contributed by atoms with Gasteiger partial charge in [0.2, 0.25) is 0 Å². The molecule has 17 heavy (non-hydrogen) atoms. The number of nitriles is 1. The first-order valence-corrected chi connectivity index (χ1v) is 5.32. The minimum absolute atomic E-state index is 0.315. The number of aryl methyl sites for hydroxylation is 1. The molecule has 0 aliphatic rings. The summed E-state index contributed by atoms with van der Waals surface area (Å²) in [6.07, 6.45) is 2.64. The Labute approximate surface area is 99.5 Å². The van der Waals surface area contributed by atoms with Gasteiger partial charge in [0.15, 0.2) is 5.69 Å². The molecule has 0 aliphatic heterocycles. The van der Waals surface area contributed by atoms with Crippen LogP contribution in [-0.2, 0) is 11.3 Å². The van der Waals surface area contributed by atoms with Crippen molar-refractivity contribution in [2.24, 2.45) is 0 Å². The number of ether oxygens (including phenoxy) is 1. The van der Waals surface area contributed by atoms with Gasteiger partial charge in [-0.3, -0.25) is 0 Å². The summed E-state index contributed by atoms with van der Waals surface area (Å²) in [5, 5.41) is 16.0. The van der Waals surface area contributed by atoms with Crippen molar-refractivity contribution in [3.05, 3.63) is 24.0 Å². The highest BCUT2D eigenvalue weighted by molar-refractivity contribution is 5.87. The lowest BCUT2D eigenvalue weighted by atomic mass is 10.2. The summed E-state index contributed by atoms with van der Waals surface area (Å²) in [6.45, 7) is 6.14. The minimum Gasteiger partial charge on any atom is -0.461 e. The molecule has 0 bridgehead atoms. The molecular weight excluding hydrogens is 220 g/mol. The normalized spacial score (nSPS) is 9.65. The standard InChI is InChI=1S/C11H14N4O2/c1-3-17-11(16)10-8-13-14-15(10)6-4-5-9(2)7-12/h8H,2-6H2,1H3. The zero-order chi connectivity index (χ0) is 12.7. The summed E-state index contributed by atoms with van der Waals surface area (Å²) in [7, 11) is 0. The van der Waals surface area contributed by atoms with E-state index < -0.39 is 5.97 Å². The molecular formula is C11H14N4O2. The molecule has 0 radical (unpaired) electrons. The number of rotatable bonds is 6. The lowest BCUT2D eigenvalue weighted by Gasteiger charge is -2.04. The first kappa shape index (κ1) is 12.9.